The van der Waals surface area contributed by atoms with E-state index in [0.717, 1.165) is 9.87 Å². The molecule has 0 fully saturated rings. The Morgan fingerprint density at radius 2 is 1.69 bits per heavy atom. The number of benzene rings is 2. The molecule has 0 spiro atoms. The van der Waals surface area contributed by atoms with Gasteiger partial charge in [-0.05, 0) is 36.2 Å². The second kappa shape index (κ2) is 9.47. The molecule has 0 radical (unpaired) electrons. The summed E-state index contributed by atoms with van der Waals surface area (Å²) in [4.78, 5) is 12.2. The van der Waals surface area contributed by atoms with Crippen LogP contribution in [-0.2, 0) is 21.4 Å². The van der Waals surface area contributed by atoms with E-state index >= 15 is 0 Å². The number of hydrogen-bond donors (Lipinski definition) is 1. The molecular formula is C19H24N2O4S. The number of nitrogens with zero attached hydrogens (tertiary/aromatic N) is 1. The van der Waals surface area contributed by atoms with Crippen molar-refractivity contribution >= 4 is 15.9 Å². The highest BCUT2D eigenvalue weighted by Gasteiger charge is 2.17. The van der Waals surface area contributed by atoms with Gasteiger partial charge in [0, 0.05) is 32.8 Å². The Bertz CT molecular complexity index is 803. The first-order chi connectivity index (χ1) is 12.4. The van der Waals surface area contributed by atoms with Crippen LogP contribution in [0.25, 0.3) is 0 Å². The SMILES string of the molecule is CN(C)S(=O)(=O)c1ccc(C(=O)NCCCOCc2ccccc2)cc1. The van der Waals surface area contributed by atoms with Crippen LogP contribution in [0.4, 0.5) is 0 Å². The molecule has 2 aromatic rings. The standard InChI is InChI=1S/C19H24N2O4S/c1-21(2)26(23,24)18-11-9-17(10-12-18)19(22)20-13-6-14-25-15-16-7-4-3-5-8-16/h3-5,7-12H,6,13-15H2,1-2H3,(H,20,22). The van der Waals surface area contributed by atoms with E-state index in [0.29, 0.717) is 31.7 Å². The zero-order valence-electron chi connectivity index (χ0n) is 15.0. The van der Waals surface area contributed by atoms with Crippen molar-refractivity contribution in [3.8, 4) is 0 Å². The lowest BCUT2D eigenvalue weighted by Gasteiger charge is -2.11. The van der Waals surface area contributed by atoms with Crippen molar-refractivity contribution in [1.29, 1.82) is 0 Å². The molecule has 0 saturated carbocycles. The lowest BCUT2D eigenvalue weighted by molar-refractivity contribution is 0.0934. The minimum atomic E-state index is -3.48. The summed E-state index contributed by atoms with van der Waals surface area (Å²) in [5.41, 5.74) is 1.54. The Morgan fingerprint density at radius 3 is 2.31 bits per heavy atom. The number of carbonyl (C=O) groups is 1. The summed E-state index contributed by atoms with van der Waals surface area (Å²) in [7, 11) is -0.548. The lowest BCUT2D eigenvalue weighted by atomic mass is 10.2. The third-order valence-electron chi connectivity index (χ3n) is 3.76. The minimum Gasteiger partial charge on any atom is -0.377 e. The highest BCUT2D eigenvalue weighted by molar-refractivity contribution is 7.89. The van der Waals surface area contributed by atoms with Crippen molar-refractivity contribution in [2.24, 2.45) is 0 Å². The molecule has 2 rings (SSSR count). The predicted molar refractivity (Wildman–Crippen MR) is 100 cm³/mol. The largest absolute Gasteiger partial charge is 0.377 e. The first-order valence-electron chi connectivity index (χ1n) is 8.34. The number of nitrogens with one attached hydrogen (secondary N) is 1. The topological polar surface area (TPSA) is 75.7 Å². The van der Waals surface area contributed by atoms with E-state index in [2.05, 4.69) is 5.32 Å². The molecule has 0 aliphatic rings. The smallest absolute Gasteiger partial charge is 0.251 e. The Labute approximate surface area is 154 Å². The fourth-order valence-electron chi connectivity index (χ4n) is 2.23. The molecule has 0 bridgehead atoms. The monoisotopic (exact) mass is 376 g/mol. The van der Waals surface area contributed by atoms with Crippen LogP contribution in [-0.4, -0.2) is 45.9 Å². The van der Waals surface area contributed by atoms with Crippen molar-refractivity contribution in [3.63, 3.8) is 0 Å². The Balaban J connectivity index is 1.73. The highest BCUT2D eigenvalue weighted by Crippen LogP contribution is 2.14. The molecule has 0 saturated heterocycles. The quantitative estimate of drug-likeness (QED) is 0.681. The number of amides is 1. The maximum Gasteiger partial charge on any atom is 0.251 e. The molecule has 0 aromatic heterocycles. The second-order valence-corrected chi connectivity index (χ2v) is 8.11. The molecule has 0 heterocycles. The molecule has 0 atom stereocenters. The van der Waals surface area contributed by atoms with Crippen LogP contribution in [0.15, 0.2) is 59.5 Å². The summed E-state index contributed by atoms with van der Waals surface area (Å²) < 4.78 is 30.7. The third-order valence-corrected chi connectivity index (χ3v) is 5.59. The zero-order chi connectivity index (χ0) is 19.0. The molecule has 0 aliphatic heterocycles. The number of hydrogen-bond acceptors (Lipinski definition) is 4. The van der Waals surface area contributed by atoms with Gasteiger partial charge >= 0.3 is 0 Å². The molecule has 2 aromatic carbocycles. The fourth-order valence-corrected chi connectivity index (χ4v) is 3.13. The van der Waals surface area contributed by atoms with E-state index in [1.807, 2.05) is 30.3 Å². The fraction of sp³-hybridized carbons (Fsp3) is 0.316. The van der Waals surface area contributed by atoms with Crippen LogP contribution < -0.4 is 5.32 Å². The molecule has 0 unspecified atom stereocenters. The number of ether oxygens (including phenoxy) is 1. The summed E-state index contributed by atoms with van der Waals surface area (Å²) >= 11 is 0. The van der Waals surface area contributed by atoms with Gasteiger partial charge in [0.2, 0.25) is 10.0 Å². The zero-order valence-corrected chi connectivity index (χ0v) is 15.8. The third kappa shape index (κ3) is 5.66. The van der Waals surface area contributed by atoms with E-state index < -0.39 is 10.0 Å². The average molecular weight is 376 g/mol. The predicted octanol–water partition coefficient (Wildman–Crippen LogP) is 2.27. The second-order valence-electron chi connectivity index (χ2n) is 5.96. The molecule has 26 heavy (non-hydrogen) atoms. The van der Waals surface area contributed by atoms with E-state index in [4.69, 9.17) is 4.74 Å². The molecular weight excluding hydrogens is 352 g/mol. The van der Waals surface area contributed by atoms with E-state index in [1.54, 1.807) is 0 Å². The summed E-state index contributed by atoms with van der Waals surface area (Å²) in [6.45, 7) is 1.59. The molecule has 7 heteroatoms. The number of sulfonamides is 1. The maximum atomic E-state index is 12.1. The first-order valence-corrected chi connectivity index (χ1v) is 9.78. The summed E-state index contributed by atoms with van der Waals surface area (Å²) in [5.74, 6) is -0.234. The maximum absolute atomic E-state index is 12.1. The van der Waals surface area contributed by atoms with Crippen molar-refractivity contribution in [2.45, 2.75) is 17.9 Å². The Morgan fingerprint density at radius 1 is 1.04 bits per heavy atom. The minimum absolute atomic E-state index is 0.161. The van der Waals surface area contributed by atoms with Crippen LogP contribution >= 0.6 is 0 Å². The van der Waals surface area contributed by atoms with Crippen LogP contribution in [0.5, 0.6) is 0 Å². The van der Waals surface area contributed by atoms with Gasteiger partial charge in [-0.3, -0.25) is 4.79 Å². The van der Waals surface area contributed by atoms with E-state index in [1.165, 1.54) is 38.4 Å². The van der Waals surface area contributed by atoms with Crippen LogP contribution in [0.2, 0.25) is 0 Å². The van der Waals surface area contributed by atoms with Crippen molar-refractivity contribution in [2.75, 3.05) is 27.2 Å². The summed E-state index contributed by atoms with van der Waals surface area (Å²) in [6.07, 6.45) is 0.700. The van der Waals surface area contributed by atoms with Gasteiger partial charge in [-0.1, -0.05) is 30.3 Å². The van der Waals surface area contributed by atoms with Crippen LogP contribution in [0.1, 0.15) is 22.3 Å². The number of carbonyl (C=O) groups excluding carboxylic acids is 1. The van der Waals surface area contributed by atoms with Gasteiger partial charge in [-0.2, -0.15) is 0 Å². The van der Waals surface area contributed by atoms with Gasteiger partial charge in [0.25, 0.3) is 5.91 Å². The van der Waals surface area contributed by atoms with Crippen molar-refractivity contribution in [1.82, 2.24) is 9.62 Å². The molecule has 1 N–H and O–H groups in total. The average Bonchev–Trinajstić information content (AvgIpc) is 2.65. The summed E-state index contributed by atoms with van der Waals surface area (Å²) in [6, 6.07) is 15.8. The van der Waals surface area contributed by atoms with Gasteiger partial charge in [0.05, 0.1) is 11.5 Å². The van der Waals surface area contributed by atoms with Gasteiger partial charge in [0.15, 0.2) is 0 Å². The normalized spacial score (nSPS) is 11.5. The van der Waals surface area contributed by atoms with Crippen molar-refractivity contribution < 1.29 is 17.9 Å². The van der Waals surface area contributed by atoms with Crippen molar-refractivity contribution in [3.05, 3.63) is 65.7 Å². The van der Waals surface area contributed by atoms with Gasteiger partial charge in [-0.15, -0.1) is 0 Å². The van der Waals surface area contributed by atoms with E-state index in [-0.39, 0.29) is 10.8 Å². The van der Waals surface area contributed by atoms with E-state index in [9.17, 15) is 13.2 Å². The summed E-state index contributed by atoms with van der Waals surface area (Å²) in [5, 5.41) is 2.80. The van der Waals surface area contributed by atoms with Gasteiger partial charge in [0.1, 0.15) is 0 Å². The molecule has 0 aliphatic carbocycles. The Hall–Kier alpha value is -2.22. The molecule has 140 valence electrons. The molecule has 1 amide bonds. The number of rotatable bonds is 9. The van der Waals surface area contributed by atoms with Crippen LogP contribution in [0.3, 0.4) is 0 Å². The van der Waals surface area contributed by atoms with Crippen LogP contribution in [0, 0.1) is 0 Å². The lowest BCUT2D eigenvalue weighted by Crippen LogP contribution is -2.25. The van der Waals surface area contributed by atoms with Gasteiger partial charge < -0.3 is 10.1 Å². The highest BCUT2D eigenvalue weighted by atomic mass is 32.2. The van der Waals surface area contributed by atoms with Gasteiger partial charge in [-0.25, -0.2) is 12.7 Å². The first kappa shape index (κ1) is 20.1. The molecule has 6 nitrogen and oxygen atoms in total. The Kier molecular flexibility index (Phi) is 7.32.